The Hall–Kier alpha value is -0.730. The number of hydrogen-bond acceptors (Lipinski definition) is 1. The van der Waals surface area contributed by atoms with E-state index in [9.17, 15) is 8.78 Å². The van der Waals surface area contributed by atoms with Crippen molar-refractivity contribution in [3.8, 4) is 0 Å². The van der Waals surface area contributed by atoms with Crippen LogP contribution in [0.1, 0.15) is 0 Å². The maximum Gasteiger partial charge on any atom is 0.483 e. The molecule has 0 saturated heterocycles. The molecular weight excluding hydrogens is 90.0 g/mol. The van der Waals surface area contributed by atoms with Gasteiger partial charge in [-0.1, -0.05) is 0 Å². The Kier molecular flexibility index (Phi) is 13.3. The third kappa shape index (κ3) is 31.6. The first-order chi connectivity index (χ1) is 2.73. The highest BCUT2D eigenvalue weighted by Gasteiger charge is 1.78. The average molecular weight is 94.1 g/mol. The second-order valence-corrected chi connectivity index (χ2v) is 0.226. The number of carbonyl (C=O) groups is 1. The molecule has 0 fully saturated rings. The summed E-state index contributed by atoms with van der Waals surface area (Å²) in [5.74, 6) is 0. The van der Waals surface area contributed by atoms with Gasteiger partial charge >= 0.3 is 6.29 Å². The van der Waals surface area contributed by atoms with Gasteiger partial charge in [-0.15, -0.1) is 21.9 Å². The molecule has 0 bridgehead atoms. The summed E-state index contributed by atoms with van der Waals surface area (Å²) >= 11 is 0. The van der Waals surface area contributed by atoms with Gasteiger partial charge in [-0.2, -0.15) is 0 Å². The molecule has 0 saturated carbocycles. The van der Waals surface area contributed by atoms with Crippen molar-refractivity contribution in [3.05, 3.63) is 13.2 Å². The normalized spacial score (nSPS) is 5.00. The van der Waals surface area contributed by atoms with E-state index in [2.05, 4.69) is 13.2 Å². The Morgan fingerprint density at radius 2 is 1.33 bits per heavy atom. The van der Waals surface area contributed by atoms with Crippen LogP contribution in [-0.2, 0) is 0 Å². The lowest BCUT2D eigenvalue weighted by molar-refractivity contribution is 0.199. The van der Waals surface area contributed by atoms with Crippen molar-refractivity contribution in [1.29, 1.82) is 0 Å². The van der Waals surface area contributed by atoms with Crippen LogP contribution in [-0.4, -0.2) is 6.29 Å². The lowest BCUT2D eigenvalue weighted by atomic mass is 11.3. The van der Waals surface area contributed by atoms with Crippen LogP contribution in [0.4, 0.5) is 13.6 Å². The number of carbonyl (C=O) groups excluding carboxylic acids is 1. The van der Waals surface area contributed by atoms with E-state index in [0.717, 1.165) is 0 Å². The highest BCUT2D eigenvalue weighted by molar-refractivity contribution is 5.55. The minimum Gasteiger partial charge on any atom is -0.219 e. The van der Waals surface area contributed by atoms with Crippen LogP contribution in [0.15, 0.2) is 13.2 Å². The second-order valence-electron chi connectivity index (χ2n) is 0.226. The van der Waals surface area contributed by atoms with Gasteiger partial charge in [0.2, 0.25) is 0 Å². The molecule has 6 heavy (non-hydrogen) atoms. The third-order valence-electron chi connectivity index (χ3n) is 0. The van der Waals surface area contributed by atoms with E-state index >= 15 is 0 Å². The van der Waals surface area contributed by atoms with E-state index in [-0.39, 0.29) is 0 Å². The Morgan fingerprint density at radius 3 is 1.33 bits per heavy atom. The van der Waals surface area contributed by atoms with Gasteiger partial charge in [-0.3, -0.25) is 0 Å². The summed E-state index contributed by atoms with van der Waals surface area (Å²) in [7, 11) is 0. The molecule has 0 atom stereocenters. The summed E-state index contributed by atoms with van der Waals surface area (Å²) in [6.07, 6.45) is -2.83. The van der Waals surface area contributed by atoms with E-state index in [1.807, 2.05) is 0 Å². The van der Waals surface area contributed by atoms with Crippen LogP contribution in [0, 0.1) is 0 Å². The summed E-state index contributed by atoms with van der Waals surface area (Å²) in [5, 5.41) is 0. The van der Waals surface area contributed by atoms with E-state index in [4.69, 9.17) is 4.79 Å². The van der Waals surface area contributed by atoms with E-state index in [0.29, 0.717) is 0 Å². The summed E-state index contributed by atoms with van der Waals surface area (Å²) in [5.41, 5.74) is 0. The first-order valence-corrected chi connectivity index (χ1v) is 1.08. The van der Waals surface area contributed by atoms with Crippen LogP contribution < -0.4 is 0 Å². The molecule has 0 unspecified atom stereocenters. The van der Waals surface area contributed by atoms with Crippen LogP contribution in [0.2, 0.25) is 0 Å². The smallest absolute Gasteiger partial charge is 0.219 e. The SMILES string of the molecule is C=C.O=C(F)F. The van der Waals surface area contributed by atoms with Crippen LogP contribution in [0.25, 0.3) is 0 Å². The minimum atomic E-state index is -2.83. The fraction of sp³-hybridized carbons (Fsp3) is 0. The molecule has 1 nitrogen and oxygen atoms in total. The summed E-state index contributed by atoms with van der Waals surface area (Å²) in [4.78, 5) is 8.11. The van der Waals surface area contributed by atoms with Gasteiger partial charge in [-0.05, 0) is 0 Å². The minimum absolute atomic E-state index is 2.83. The zero-order valence-electron chi connectivity index (χ0n) is 3.08. The average Bonchev–Trinajstić information content (AvgIpc) is 1.41. The quantitative estimate of drug-likeness (QED) is 0.330. The van der Waals surface area contributed by atoms with Crippen molar-refractivity contribution in [2.75, 3.05) is 0 Å². The monoisotopic (exact) mass is 94.0 g/mol. The molecule has 0 N–H and O–H groups in total. The molecular formula is C3H4F2O. The van der Waals surface area contributed by atoms with Crippen molar-refractivity contribution in [1.82, 2.24) is 0 Å². The summed E-state index contributed by atoms with van der Waals surface area (Å²) in [6, 6.07) is 0. The van der Waals surface area contributed by atoms with Crippen molar-refractivity contribution < 1.29 is 13.6 Å². The van der Waals surface area contributed by atoms with Crippen LogP contribution in [0.3, 0.4) is 0 Å². The van der Waals surface area contributed by atoms with E-state index in [1.165, 1.54) is 0 Å². The first-order valence-electron chi connectivity index (χ1n) is 1.08. The van der Waals surface area contributed by atoms with Crippen molar-refractivity contribution in [2.45, 2.75) is 0 Å². The molecule has 0 aromatic rings. The molecule has 0 heterocycles. The Balaban J connectivity index is 0. The maximum absolute atomic E-state index is 9.69. The molecule has 0 aliphatic heterocycles. The molecule has 0 aromatic heterocycles. The third-order valence-corrected chi connectivity index (χ3v) is 0. The maximum atomic E-state index is 9.69. The topological polar surface area (TPSA) is 17.1 Å². The van der Waals surface area contributed by atoms with Gasteiger partial charge in [0.25, 0.3) is 0 Å². The Morgan fingerprint density at radius 1 is 1.33 bits per heavy atom. The molecule has 3 heteroatoms. The standard InChI is InChI=1S/C2H4.CF2O/c1-2;2-1(3)4/h1-2H2;. The lowest BCUT2D eigenvalue weighted by Crippen LogP contribution is -1.54. The summed E-state index contributed by atoms with van der Waals surface area (Å²) in [6.45, 7) is 6.00. The lowest BCUT2D eigenvalue weighted by Gasteiger charge is -1.45. The number of halogens is 2. The van der Waals surface area contributed by atoms with E-state index < -0.39 is 6.29 Å². The van der Waals surface area contributed by atoms with Crippen molar-refractivity contribution >= 4 is 6.29 Å². The van der Waals surface area contributed by atoms with Crippen molar-refractivity contribution in [2.24, 2.45) is 0 Å². The van der Waals surface area contributed by atoms with E-state index in [1.54, 1.807) is 0 Å². The molecule has 0 aromatic carbocycles. The highest BCUT2D eigenvalue weighted by Crippen LogP contribution is 1.70. The van der Waals surface area contributed by atoms with Crippen LogP contribution in [0.5, 0.6) is 0 Å². The first kappa shape index (κ1) is 8.99. The predicted molar refractivity (Wildman–Crippen MR) is 18.9 cm³/mol. The molecule has 0 radical (unpaired) electrons. The van der Waals surface area contributed by atoms with Gasteiger partial charge in [0.15, 0.2) is 0 Å². The van der Waals surface area contributed by atoms with Gasteiger partial charge in [0.1, 0.15) is 0 Å². The fourth-order valence-electron chi connectivity index (χ4n) is 0. The predicted octanol–water partition coefficient (Wildman–Crippen LogP) is 1.85. The zero-order chi connectivity index (χ0) is 5.58. The Bertz CT molecular complexity index is 40.1. The number of rotatable bonds is 0. The molecule has 0 aliphatic carbocycles. The molecule has 0 rings (SSSR count). The summed E-state index contributed by atoms with van der Waals surface area (Å²) < 4.78 is 19.4. The largest absolute Gasteiger partial charge is 0.483 e. The Labute approximate surface area is 34.3 Å². The van der Waals surface area contributed by atoms with Gasteiger partial charge in [0.05, 0.1) is 0 Å². The molecule has 0 aliphatic rings. The molecule has 0 amide bonds. The highest BCUT2D eigenvalue weighted by atomic mass is 19.3. The second kappa shape index (κ2) is 8.86. The fourth-order valence-corrected chi connectivity index (χ4v) is 0. The number of hydrogen-bond donors (Lipinski definition) is 0. The van der Waals surface area contributed by atoms with Gasteiger partial charge in [0, 0.05) is 0 Å². The van der Waals surface area contributed by atoms with Crippen molar-refractivity contribution in [3.63, 3.8) is 0 Å². The van der Waals surface area contributed by atoms with Gasteiger partial charge < -0.3 is 0 Å². The van der Waals surface area contributed by atoms with Gasteiger partial charge in [-0.25, -0.2) is 4.79 Å². The zero-order valence-corrected chi connectivity index (χ0v) is 3.08. The molecule has 36 valence electrons. The molecule has 0 spiro atoms. The van der Waals surface area contributed by atoms with Crippen LogP contribution >= 0.6 is 0 Å².